The van der Waals surface area contributed by atoms with Gasteiger partial charge in [0.05, 0.1) is 11.6 Å². The van der Waals surface area contributed by atoms with Crippen LogP contribution in [-0.4, -0.2) is 12.6 Å². The number of anilines is 1. The van der Waals surface area contributed by atoms with Crippen molar-refractivity contribution in [1.29, 1.82) is 5.26 Å². The largest absolute Gasteiger partial charge is 0.368 e. The lowest BCUT2D eigenvalue weighted by Gasteiger charge is -2.23. The fraction of sp³-hybridized carbons (Fsp3) is 0.200. The highest BCUT2D eigenvalue weighted by atomic mass is 15.2. The molecule has 22 heavy (non-hydrogen) atoms. The van der Waals surface area contributed by atoms with Crippen molar-refractivity contribution in [3.05, 3.63) is 72.1 Å². The van der Waals surface area contributed by atoms with E-state index in [1.807, 2.05) is 54.6 Å². The molecule has 0 aromatic heterocycles. The number of nitriles is 1. The Morgan fingerprint density at radius 2 is 1.95 bits per heavy atom. The molecular weight excluding hydrogens is 268 g/mol. The second-order valence-corrected chi connectivity index (χ2v) is 5.53. The van der Waals surface area contributed by atoms with Gasteiger partial charge < -0.3 is 4.90 Å². The van der Waals surface area contributed by atoms with Gasteiger partial charge in [-0.15, -0.1) is 0 Å². The van der Waals surface area contributed by atoms with E-state index in [1.165, 1.54) is 0 Å². The van der Waals surface area contributed by atoms with Gasteiger partial charge in [0, 0.05) is 18.3 Å². The van der Waals surface area contributed by atoms with Crippen LogP contribution in [0.1, 0.15) is 29.5 Å². The summed E-state index contributed by atoms with van der Waals surface area (Å²) < 4.78 is 0. The van der Waals surface area contributed by atoms with Crippen molar-refractivity contribution in [3.8, 4) is 6.07 Å². The Kier molecular flexibility index (Phi) is 4.25. The molecule has 1 aliphatic rings. The van der Waals surface area contributed by atoms with E-state index in [0.717, 1.165) is 36.2 Å². The summed E-state index contributed by atoms with van der Waals surface area (Å²) in [5.74, 6) is 0. The Balaban J connectivity index is 1.87. The molecule has 0 saturated carbocycles. The summed E-state index contributed by atoms with van der Waals surface area (Å²) in [6.07, 6.45) is 6.13. The van der Waals surface area contributed by atoms with Crippen molar-refractivity contribution < 1.29 is 0 Å². The van der Waals surface area contributed by atoms with E-state index >= 15 is 0 Å². The highest BCUT2D eigenvalue weighted by molar-refractivity contribution is 5.74. The number of nitrogens with zero attached hydrogens (tertiary/aromatic N) is 2. The first-order valence-electron chi connectivity index (χ1n) is 7.57. The Hall–Kier alpha value is -2.53. The Bertz CT molecular complexity index is 710. The van der Waals surface area contributed by atoms with E-state index < -0.39 is 0 Å². The molecule has 1 unspecified atom stereocenters. The standard InChI is InChI=1S/C20H18N2/c1-16-6-5-13-22(16)20-12-11-18(19(14-20)15-21)10-9-17-7-3-2-4-8-17/h1-4,7-12,14,16H,5-6,13H2/b10-9+. The van der Waals surface area contributed by atoms with Crippen LogP contribution in [0.3, 0.4) is 0 Å². The number of benzene rings is 2. The fourth-order valence-electron chi connectivity index (χ4n) is 2.83. The molecular formula is C20H18N2. The number of rotatable bonds is 3. The first-order valence-corrected chi connectivity index (χ1v) is 7.57. The predicted octanol–water partition coefficient (Wildman–Crippen LogP) is 4.41. The van der Waals surface area contributed by atoms with Crippen LogP contribution in [0.5, 0.6) is 0 Å². The minimum Gasteiger partial charge on any atom is -0.368 e. The summed E-state index contributed by atoms with van der Waals surface area (Å²) >= 11 is 0. The monoisotopic (exact) mass is 286 g/mol. The lowest BCUT2D eigenvalue weighted by Crippen LogP contribution is -2.26. The lowest BCUT2D eigenvalue weighted by atomic mass is 10.0. The predicted molar refractivity (Wildman–Crippen MR) is 91.2 cm³/mol. The summed E-state index contributed by atoms with van der Waals surface area (Å²) in [6, 6.07) is 18.4. The molecule has 1 aliphatic heterocycles. The van der Waals surface area contributed by atoms with Crippen LogP contribution in [0.4, 0.5) is 5.69 Å². The van der Waals surface area contributed by atoms with Gasteiger partial charge >= 0.3 is 0 Å². The van der Waals surface area contributed by atoms with Gasteiger partial charge in [0.15, 0.2) is 0 Å². The molecule has 108 valence electrons. The van der Waals surface area contributed by atoms with Crippen molar-refractivity contribution in [1.82, 2.24) is 0 Å². The zero-order valence-electron chi connectivity index (χ0n) is 12.4. The quantitative estimate of drug-likeness (QED) is 0.781. The first kappa shape index (κ1) is 14.4. The van der Waals surface area contributed by atoms with E-state index in [1.54, 1.807) is 0 Å². The molecule has 0 spiro atoms. The molecule has 3 rings (SSSR count). The van der Waals surface area contributed by atoms with Gasteiger partial charge in [0.25, 0.3) is 0 Å². The minimum atomic E-state index is 0.0669. The SMILES string of the molecule is [CH]C1CCCN1c1ccc(/C=C/c2ccccc2)c(C#N)c1. The smallest absolute Gasteiger partial charge is 0.0998 e. The van der Waals surface area contributed by atoms with Gasteiger partial charge in [-0.05, 0) is 43.0 Å². The van der Waals surface area contributed by atoms with Crippen LogP contribution < -0.4 is 4.90 Å². The van der Waals surface area contributed by atoms with Crippen LogP contribution in [-0.2, 0) is 0 Å². The average molecular weight is 286 g/mol. The lowest BCUT2D eigenvalue weighted by molar-refractivity contribution is 0.802. The molecule has 0 amide bonds. The van der Waals surface area contributed by atoms with Crippen LogP contribution in [0, 0.1) is 18.3 Å². The molecule has 0 bridgehead atoms. The Morgan fingerprint density at radius 3 is 2.64 bits per heavy atom. The molecule has 0 aliphatic carbocycles. The maximum Gasteiger partial charge on any atom is 0.0998 e. The summed E-state index contributed by atoms with van der Waals surface area (Å²) in [5, 5.41) is 9.42. The molecule has 1 atom stereocenters. The summed E-state index contributed by atoms with van der Waals surface area (Å²) in [5.41, 5.74) is 3.78. The molecule has 1 fully saturated rings. The van der Waals surface area contributed by atoms with E-state index in [2.05, 4.69) is 17.0 Å². The van der Waals surface area contributed by atoms with Crippen LogP contribution in [0.15, 0.2) is 48.5 Å². The molecule has 1 saturated heterocycles. The second-order valence-electron chi connectivity index (χ2n) is 5.53. The molecule has 2 radical (unpaired) electrons. The Morgan fingerprint density at radius 1 is 1.14 bits per heavy atom. The summed E-state index contributed by atoms with van der Waals surface area (Å²) in [4.78, 5) is 2.17. The van der Waals surface area contributed by atoms with Crippen molar-refractivity contribution in [3.63, 3.8) is 0 Å². The third-order valence-corrected chi connectivity index (χ3v) is 4.04. The molecule has 2 heteroatoms. The molecule has 1 heterocycles. The number of hydrogen-bond donors (Lipinski definition) is 0. The van der Waals surface area contributed by atoms with Gasteiger partial charge in [-0.25, -0.2) is 0 Å². The van der Waals surface area contributed by atoms with Crippen molar-refractivity contribution in [2.75, 3.05) is 11.4 Å². The molecule has 2 nitrogen and oxygen atoms in total. The van der Waals surface area contributed by atoms with Crippen molar-refractivity contribution in [2.24, 2.45) is 0 Å². The van der Waals surface area contributed by atoms with E-state index in [9.17, 15) is 5.26 Å². The maximum atomic E-state index is 9.42. The molecule has 2 aromatic rings. The van der Waals surface area contributed by atoms with Crippen LogP contribution in [0.25, 0.3) is 12.2 Å². The van der Waals surface area contributed by atoms with Gasteiger partial charge in [-0.3, -0.25) is 0 Å². The number of hydrogen-bond acceptors (Lipinski definition) is 2. The molecule has 2 aromatic carbocycles. The normalized spacial score (nSPS) is 17.8. The van der Waals surface area contributed by atoms with Gasteiger partial charge in [0.2, 0.25) is 0 Å². The highest BCUT2D eigenvalue weighted by Gasteiger charge is 2.21. The van der Waals surface area contributed by atoms with E-state index in [-0.39, 0.29) is 6.04 Å². The minimum absolute atomic E-state index is 0.0669. The summed E-state index contributed by atoms with van der Waals surface area (Å²) in [7, 11) is 0. The summed E-state index contributed by atoms with van der Waals surface area (Å²) in [6.45, 7) is 7.07. The maximum absolute atomic E-state index is 9.42. The third kappa shape index (κ3) is 3.04. The zero-order valence-corrected chi connectivity index (χ0v) is 12.4. The fourth-order valence-corrected chi connectivity index (χ4v) is 2.83. The van der Waals surface area contributed by atoms with Gasteiger partial charge in [0.1, 0.15) is 0 Å². The Labute approximate surface area is 132 Å². The van der Waals surface area contributed by atoms with E-state index in [4.69, 9.17) is 6.92 Å². The molecule has 0 N–H and O–H groups in total. The van der Waals surface area contributed by atoms with Crippen LogP contribution in [0.2, 0.25) is 0 Å². The highest BCUT2D eigenvalue weighted by Crippen LogP contribution is 2.27. The zero-order chi connectivity index (χ0) is 15.4. The van der Waals surface area contributed by atoms with Crippen molar-refractivity contribution >= 4 is 17.8 Å². The second kappa shape index (κ2) is 6.49. The van der Waals surface area contributed by atoms with Gasteiger partial charge in [-0.1, -0.05) is 48.6 Å². The third-order valence-electron chi connectivity index (χ3n) is 4.04. The average Bonchev–Trinajstić information content (AvgIpc) is 3.00. The van der Waals surface area contributed by atoms with Crippen molar-refractivity contribution in [2.45, 2.75) is 18.9 Å². The van der Waals surface area contributed by atoms with Gasteiger partial charge in [-0.2, -0.15) is 5.26 Å². The van der Waals surface area contributed by atoms with E-state index in [0.29, 0.717) is 5.56 Å². The van der Waals surface area contributed by atoms with Crippen LogP contribution >= 0.6 is 0 Å². The first-order chi connectivity index (χ1) is 10.8. The topological polar surface area (TPSA) is 27.0 Å².